The first-order chi connectivity index (χ1) is 12.6. The maximum atomic E-state index is 12.3. The van der Waals surface area contributed by atoms with Gasteiger partial charge in [0, 0.05) is 5.69 Å². The first-order valence-electron chi connectivity index (χ1n) is 7.91. The molecule has 132 valence electrons. The van der Waals surface area contributed by atoms with Gasteiger partial charge in [-0.1, -0.05) is 12.1 Å². The average Bonchev–Trinajstić information content (AvgIpc) is 2.67. The number of carbonyl (C=O) groups is 2. The van der Waals surface area contributed by atoms with Gasteiger partial charge in [-0.2, -0.15) is 5.26 Å². The van der Waals surface area contributed by atoms with Crippen LogP contribution in [0.2, 0.25) is 0 Å². The summed E-state index contributed by atoms with van der Waals surface area (Å²) in [7, 11) is 1.30. The third-order valence-corrected chi connectivity index (χ3v) is 3.43. The Morgan fingerprint density at radius 2 is 1.77 bits per heavy atom. The molecule has 0 fully saturated rings. The smallest absolute Gasteiger partial charge is 0.337 e. The van der Waals surface area contributed by atoms with Crippen molar-refractivity contribution in [1.82, 2.24) is 0 Å². The maximum Gasteiger partial charge on any atom is 0.337 e. The predicted molar refractivity (Wildman–Crippen MR) is 97.6 cm³/mol. The van der Waals surface area contributed by atoms with E-state index in [0.29, 0.717) is 29.2 Å². The number of nitrogens with one attached hydrogen (secondary N) is 1. The summed E-state index contributed by atoms with van der Waals surface area (Å²) in [5, 5.41) is 11.9. The van der Waals surface area contributed by atoms with E-state index in [1.807, 2.05) is 13.0 Å². The largest absolute Gasteiger partial charge is 0.494 e. The van der Waals surface area contributed by atoms with Crippen LogP contribution >= 0.6 is 0 Å². The zero-order chi connectivity index (χ0) is 18.9. The lowest BCUT2D eigenvalue weighted by atomic mass is 10.1. The minimum atomic E-state index is -0.520. The standard InChI is InChI=1S/C20H18N2O4/c1-3-26-18-10-8-17(9-11-18)22-19(23)16(13-21)12-14-4-6-15(7-5-14)20(24)25-2/h4-12H,3H2,1-2H3,(H,22,23)/b16-12-. The van der Waals surface area contributed by atoms with Gasteiger partial charge in [-0.25, -0.2) is 4.79 Å². The van der Waals surface area contributed by atoms with Crippen molar-refractivity contribution in [3.8, 4) is 11.8 Å². The summed E-state index contributed by atoms with van der Waals surface area (Å²) in [6, 6.07) is 15.1. The van der Waals surface area contributed by atoms with Gasteiger partial charge in [0.1, 0.15) is 17.4 Å². The van der Waals surface area contributed by atoms with Crippen LogP contribution in [-0.4, -0.2) is 25.6 Å². The number of rotatable bonds is 6. The molecule has 1 N–H and O–H groups in total. The molecule has 2 aromatic carbocycles. The van der Waals surface area contributed by atoms with E-state index in [1.54, 1.807) is 48.5 Å². The Hall–Kier alpha value is -3.59. The molecule has 0 saturated heterocycles. The van der Waals surface area contributed by atoms with Crippen LogP contribution in [0.4, 0.5) is 5.69 Å². The lowest BCUT2D eigenvalue weighted by Crippen LogP contribution is -2.13. The van der Waals surface area contributed by atoms with Gasteiger partial charge < -0.3 is 14.8 Å². The van der Waals surface area contributed by atoms with E-state index in [2.05, 4.69) is 10.1 Å². The van der Waals surface area contributed by atoms with Crippen molar-refractivity contribution in [1.29, 1.82) is 5.26 Å². The summed E-state index contributed by atoms with van der Waals surface area (Å²) in [4.78, 5) is 23.7. The Bertz CT molecular complexity index is 847. The number of nitrogens with zero attached hydrogens (tertiary/aromatic N) is 1. The summed E-state index contributed by atoms with van der Waals surface area (Å²) < 4.78 is 9.97. The number of anilines is 1. The van der Waals surface area contributed by atoms with Gasteiger partial charge in [-0.05, 0) is 55.0 Å². The van der Waals surface area contributed by atoms with E-state index in [0.717, 1.165) is 0 Å². The Labute approximate surface area is 151 Å². The van der Waals surface area contributed by atoms with Crippen LogP contribution in [0.15, 0.2) is 54.1 Å². The van der Waals surface area contributed by atoms with Gasteiger partial charge in [0.15, 0.2) is 0 Å². The molecule has 1 amide bonds. The van der Waals surface area contributed by atoms with Crippen molar-refractivity contribution >= 4 is 23.6 Å². The number of amides is 1. The molecule has 0 unspecified atom stereocenters. The molecule has 2 rings (SSSR count). The van der Waals surface area contributed by atoms with E-state index >= 15 is 0 Å². The summed E-state index contributed by atoms with van der Waals surface area (Å²) in [6.45, 7) is 2.44. The van der Waals surface area contributed by atoms with Crippen molar-refractivity contribution in [2.45, 2.75) is 6.92 Å². The van der Waals surface area contributed by atoms with Crippen molar-refractivity contribution in [2.75, 3.05) is 19.0 Å². The number of carbonyl (C=O) groups excluding carboxylic acids is 2. The topological polar surface area (TPSA) is 88.4 Å². The quantitative estimate of drug-likeness (QED) is 0.490. The Balaban J connectivity index is 2.11. The molecule has 0 aliphatic carbocycles. The maximum absolute atomic E-state index is 12.3. The van der Waals surface area contributed by atoms with Crippen LogP contribution in [0.3, 0.4) is 0 Å². The number of methoxy groups -OCH3 is 1. The molecular weight excluding hydrogens is 332 g/mol. The third-order valence-electron chi connectivity index (χ3n) is 3.43. The van der Waals surface area contributed by atoms with Gasteiger partial charge in [0.05, 0.1) is 19.3 Å². The highest BCUT2D eigenvalue weighted by atomic mass is 16.5. The first kappa shape index (κ1) is 18.7. The minimum Gasteiger partial charge on any atom is -0.494 e. The third kappa shape index (κ3) is 4.95. The molecule has 0 aliphatic rings. The van der Waals surface area contributed by atoms with E-state index in [1.165, 1.54) is 13.2 Å². The molecule has 0 heterocycles. The molecular formula is C20H18N2O4. The van der Waals surface area contributed by atoms with Crippen molar-refractivity contribution < 1.29 is 19.1 Å². The first-order valence-corrected chi connectivity index (χ1v) is 7.91. The molecule has 0 atom stereocenters. The summed E-state index contributed by atoms with van der Waals surface area (Å²) in [5.74, 6) is -0.268. The zero-order valence-electron chi connectivity index (χ0n) is 14.5. The molecule has 26 heavy (non-hydrogen) atoms. The average molecular weight is 350 g/mol. The van der Waals surface area contributed by atoms with E-state index in [4.69, 9.17) is 4.74 Å². The van der Waals surface area contributed by atoms with Crippen LogP contribution < -0.4 is 10.1 Å². The zero-order valence-corrected chi connectivity index (χ0v) is 14.5. The molecule has 0 aromatic heterocycles. The number of ether oxygens (including phenoxy) is 2. The number of hydrogen-bond acceptors (Lipinski definition) is 5. The molecule has 6 heteroatoms. The van der Waals surface area contributed by atoms with Gasteiger partial charge in [0.2, 0.25) is 0 Å². The fourth-order valence-corrected chi connectivity index (χ4v) is 2.15. The van der Waals surface area contributed by atoms with Gasteiger partial charge in [0.25, 0.3) is 5.91 Å². The highest BCUT2D eigenvalue weighted by Crippen LogP contribution is 2.17. The Morgan fingerprint density at radius 1 is 1.12 bits per heavy atom. The second kappa shape index (κ2) is 9.04. The molecule has 0 radical (unpaired) electrons. The van der Waals surface area contributed by atoms with E-state index < -0.39 is 11.9 Å². The van der Waals surface area contributed by atoms with Gasteiger partial charge in [-0.15, -0.1) is 0 Å². The van der Waals surface area contributed by atoms with Crippen LogP contribution in [0.1, 0.15) is 22.8 Å². The van der Waals surface area contributed by atoms with E-state index in [9.17, 15) is 14.9 Å². The minimum absolute atomic E-state index is 0.0512. The van der Waals surface area contributed by atoms with Crippen LogP contribution in [0.5, 0.6) is 5.75 Å². The number of nitriles is 1. The monoisotopic (exact) mass is 350 g/mol. The second-order valence-corrected chi connectivity index (χ2v) is 5.19. The fourth-order valence-electron chi connectivity index (χ4n) is 2.15. The Morgan fingerprint density at radius 3 is 2.31 bits per heavy atom. The fraction of sp³-hybridized carbons (Fsp3) is 0.150. The predicted octanol–water partition coefficient (Wildman–Crippen LogP) is 3.42. The molecule has 0 spiro atoms. The van der Waals surface area contributed by atoms with Crippen LogP contribution in [0.25, 0.3) is 6.08 Å². The molecule has 0 aliphatic heterocycles. The number of benzene rings is 2. The Kier molecular flexibility index (Phi) is 6.52. The molecule has 6 nitrogen and oxygen atoms in total. The highest BCUT2D eigenvalue weighted by Gasteiger charge is 2.10. The van der Waals surface area contributed by atoms with Crippen LogP contribution in [0, 0.1) is 11.3 Å². The van der Waals surface area contributed by atoms with Gasteiger partial charge in [-0.3, -0.25) is 4.79 Å². The second-order valence-electron chi connectivity index (χ2n) is 5.19. The van der Waals surface area contributed by atoms with Crippen molar-refractivity contribution in [3.05, 3.63) is 65.2 Å². The summed E-state index contributed by atoms with van der Waals surface area (Å²) in [5.41, 5.74) is 1.52. The SMILES string of the molecule is CCOc1ccc(NC(=O)/C(C#N)=C\c2ccc(C(=O)OC)cc2)cc1. The number of hydrogen-bond donors (Lipinski definition) is 1. The lowest BCUT2D eigenvalue weighted by Gasteiger charge is -2.06. The molecule has 0 bridgehead atoms. The van der Waals surface area contributed by atoms with Crippen molar-refractivity contribution in [2.24, 2.45) is 0 Å². The van der Waals surface area contributed by atoms with Crippen LogP contribution in [-0.2, 0) is 9.53 Å². The van der Waals surface area contributed by atoms with Gasteiger partial charge >= 0.3 is 5.97 Å². The summed E-state index contributed by atoms with van der Waals surface area (Å²) in [6.07, 6.45) is 1.45. The highest BCUT2D eigenvalue weighted by molar-refractivity contribution is 6.09. The lowest BCUT2D eigenvalue weighted by molar-refractivity contribution is -0.112. The summed E-state index contributed by atoms with van der Waals surface area (Å²) >= 11 is 0. The van der Waals surface area contributed by atoms with E-state index in [-0.39, 0.29) is 5.57 Å². The molecule has 2 aromatic rings. The normalized spacial score (nSPS) is 10.6. The van der Waals surface area contributed by atoms with Crippen molar-refractivity contribution in [3.63, 3.8) is 0 Å². The number of esters is 1. The molecule has 0 saturated carbocycles.